The van der Waals surface area contributed by atoms with Crippen molar-refractivity contribution in [2.24, 2.45) is 0 Å². The molecule has 22 heavy (non-hydrogen) atoms. The van der Waals surface area contributed by atoms with Gasteiger partial charge in [-0.15, -0.1) is 0 Å². The molecule has 0 aliphatic carbocycles. The number of hydrogen-bond acceptors (Lipinski definition) is 3. The van der Waals surface area contributed by atoms with Crippen molar-refractivity contribution in [1.29, 1.82) is 0 Å². The van der Waals surface area contributed by atoms with Gasteiger partial charge in [0.15, 0.2) is 0 Å². The van der Waals surface area contributed by atoms with Crippen LogP contribution in [0.5, 0.6) is 0 Å². The van der Waals surface area contributed by atoms with Crippen molar-refractivity contribution in [3.05, 3.63) is 30.5 Å². The first-order chi connectivity index (χ1) is 10.3. The van der Waals surface area contributed by atoms with Crippen LogP contribution in [0.1, 0.15) is 33.3 Å². The molecule has 4 nitrogen and oxygen atoms in total. The van der Waals surface area contributed by atoms with E-state index in [0.717, 1.165) is 21.9 Å². The molecule has 1 fully saturated rings. The maximum absolute atomic E-state index is 6.24. The first kappa shape index (κ1) is 16.4. The number of aromatic nitrogens is 2. The van der Waals surface area contributed by atoms with Crippen LogP contribution in [0, 0.1) is 0 Å². The molecule has 2 heterocycles. The van der Waals surface area contributed by atoms with E-state index in [2.05, 4.69) is 73.5 Å². The minimum absolute atomic E-state index is 0.362. The van der Waals surface area contributed by atoms with Gasteiger partial charge in [0.05, 0.1) is 29.3 Å². The fraction of sp³-hybridized carbons (Fsp3) is 0.400. The van der Waals surface area contributed by atoms with Crippen LogP contribution in [0.3, 0.4) is 0 Å². The molecule has 1 aliphatic rings. The van der Waals surface area contributed by atoms with E-state index < -0.39 is 7.12 Å². The molecule has 0 N–H and O–H groups in total. The summed E-state index contributed by atoms with van der Waals surface area (Å²) in [6.45, 7) is 12.2. The average molecular weight is 428 g/mol. The number of benzene rings is 1. The van der Waals surface area contributed by atoms with Crippen LogP contribution >= 0.6 is 28.4 Å². The molecule has 2 aromatic rings. The van der Waals surface area contributed by atoms with Crippen molar-refractivity contribution in [2.75, 3.05) is 0 Å². The van der Waals surface area contributed by atoms with Gasteiger partial charge in [0.25, 0.3) is 0 Å². The smallest absolute Gasteiger partial charge is 0.399 e. The van der Waals surface area contributed by atoms with Crippen LogP contribution in [0.15, 0.2) is 24.9 Å². The highest BCUT2D eigenvalue weighted by Gasteiger charge is 2.52. The first-order valence-electron chi connectivity index (χ1n) is 7.16. The van der Waals surface area contributed by atoms with Crippen LogP contribution in [-0.2, 0) is 9.31 Å². The summed E-state index contributed by atoms with van der Waals surface area (Å²) in [7, 11) is -0.406. The average Bonchev–Trinajstić information content (AvgIpc) is 2.95. The highest BCUT2D eigenvalue weighted by molar-refractivity contribution is 14.2. The molecular formula is C15H19BIN2O2P. The molecule has 1 atom stereocenters. The van der Waals surface area contributed by atoms with E-state index in [9.17, 15) is 0 Å². The lowest BCUT2D eigenvalue weighted by Gasteiger charge is -2.32. The van der Waals surface area contributed by atoms with Gasteiger partial charge < -0.3 is 9.31 Å². The van der Waals surface area contributed by atoms with Crippen molar-refractivity contribution in [1.82, 2.24) is 9.55 Å². The molecular weight excluding hydrogens is 409 g/mol. The van der Waals surface area contributed by atoms with Crippen molar-refractivity contribution >= 4 is 58.0 Å². The van der Waals surface area contributed by atoms with Crippen molar-refractivity contribution in [2.45, 2.75) is 38.9 Å². The highest BCUT2D eigenvalue weighted by Crippen LogP contribution is 2.38. The molecule has 0 saturated carbocycles. The molecule has 1 unspecified atom stereocenters. The summed E-state index contributed by atoms with van der Waals surface area (Å²) < 4.78 is 14.5. The van der Waals surface area contributed by atoms with Gasteiger partial charge in [0.1, 0.15) is 0 Å². The summed E-state index contributed by atoms with van der Waals surface area (Å²) in [6, 6.07) is 4.14. The second-order valence-electron chi connectivity index (χ2n) is 6.43. The summed E-state index contributed by atoms with van der Waals surface area (Å²) in [4.78, 5) is 0. The van der Waals surface area contributed by atoms with E-state index >= 15 is 0 Å². The Morgan fingerprint density at radius 2 is 1.91 bits per heavy atom. The van der Waals surface area contributed by atoms with Gasteiger partial charge in [0.2, 0.25) is 0 Å². The van der Waals surface area contributed by atoms with Crippen LogP contribution in [0.25, 0.3) is 17.0 Å². The van der Waals surface area contributed by atoms with Gasteiger partial charge >= 0.3 is 7.12 Å². The Labute approximate surface area is 146 Å². The van der Waals surface area contributed by atoms with Gasteiger partial charge in [-0.1, -0.05) is 18.7 Å². The van der Waals surface area contributed by atoms with Gasteiger partial charge in [-0.05, 0) is 61.4 Å². The lowest BCUT2D eigenvalue weighted by molar-refractivity contribution is 0.00578. The zero-order valence-electron chi connectivity index (χ0n) is 13.2. The number of halogens is 1. The topological polar surface area (TPSA) is 36.3 Å². The zero-order chi connectivity index (χ0) is 16.1. The quantitative estimate of drug-likeness (QED) is 0.425. The molecule has 1 aromatic heterocycles. The lowest BCUT2D eigenvalue weighted by atomic mass is 9.74. The molecule has 7 heteroatoms. The molecule has 0 bridgehead atoms. The van der Waals surface area contributed by atoms with Gasteiger partial charge in [0, 0.05) is 10.8 Å². The largest absolute Gasteiger partial charge is 0.496 e. The van der Waals surface area contributed by atoms with E-state index in [1.54, 1.807) is 0 Å². The Morgan fingerprint density at radius 3 is 2.45 bits per heavy atom. The third kappa shape index (κ3) is 2.44. The van der Waals surface area contributed by atoms with E-state index in [0.29, 0.717) is 6.37 Å². The maximum atomic E-state index is 6.24. The third-order valence-electron chi connectivity index (χ3n) is 4.62. The summed E-state index contributed by atoms with van der Waals surface area (Å²) >= 11 is 2.33. The number of rotatable bonds is 3. The maximum Gasteiger partial charge on any atom is 0.496 e. The lowest BCUT2D eigenvalue weighted by Crippen LogP contribution is -2.41. The number of nitrogens with zero attached hydrogens (tertiary/aromatic N) is 2. The van der Waals surface area contributed by atoms with Crippen molar-refractivity contribution in [3.8, 4) is 0 Å². The Balaban J connectivity index is 2.18. The molecule has 1 saturated heterocycles. The van der Waals surface area contributed by atoms with E-state index in [1.807, 2.05) is 16.7 Å². The molecule has 0 spiro atoms. The van der Waals surface area contributed by atoms with Crippen LogP contribution in [-0.4, -0.2) is 27.9 Å². The van der Waals surface area contributed by atoms with Crippen molar-refractivity contribution in [3.63, 3.8) is 0 Å². The molecule has 3 rings (SSSR count). The summed E-state index contributed by atoms with van der Waals surface area (Å²) in [5.74, 6) is 0. The number of fused-ring (bicyclic) bond motifs is 1. The van der Waals surface area contributed by atoms with Crippen molar-refractivity contribution < 1.29 is 9.31 Å². The minimum Gasteiger partial charge on any atom is -0.399 e. The van der Waals surface area contributed by atoms with E-state index in [1.165, 1.54) is 0 Å². The predicted octanol–water partition coefficient (Wildman–Crippen LogP) is 3.77. The Bertz CT molecular complexity index is 728. The second-order valence-corrected chi connectivity index (χ2v) is 8.47. The van der Waals surface area contributed by atoms with E-state index in [4.69, 9.17) is 9.31 Å². The number of hydrogen-bond donors (Lipinski definition) is 0. The highest BCUT2D eigenvalue weighted by atomic mass is 127. The first-order valence-corrected chi connectivity index (χ1v) is 11.2. The van der Waals surface area contributed by atoms with Crippen LogP contribution in [0.2, 0.25) is 0 Å². The Kier molecular flexibility index (Phi) is 4.17. The fourth-order valence-electron chi connectivity index (χ4n) is 2.61. The summed E-state index contributed by atoms with van der Waals surface area (Å²) in [5, 5.41) is 5.54. The molecule has 0 amide bonds. The van der Waals surface area contributed by atoms with Gasteiger partial charge in [-0.3, -0.25) is 0 Å². The normalized spacial score (nSPS) is 20.3. The van der Waals surface area contributed by atoms with Crippen LogP contribution in [0.4, 0.5) is 0 Å². The Morgan fingerprint density at radius 1 is 1.27 bits per heavy atom. The Hall–Kier alpha value is -0.425. The van der Waals surface area contributed by atoms with Gasteiger partial charge in [-0.25, -0.2) is 4.45 Å². The zero-order valence-corrected chi connectivity index (χ0v) is 16.3. The molecule has 1 aromatic carbocycles. The van der Waals surface area contributed by atoms with E-state index in [-0.39, 0.29) is 11.2 Å². The second kappa shape index (κ2) is 5.58. The summed E-state index contributed by atoms with van der Waals surface area (Å²) in [5.41, 5.74) is 2.43. The monoisotopic (exact) mass is 428 g/mol. The fourth-order valence-corrected chi connectivity index (χ4v) is 4.15. The summed E-state index contributed by atoms with van der Waals surface area (Å²) in [6.07, 6.45) is 4.31. The molecule has 116 valence electrons. The van der Waals surface area contributed by atoms with Gasteiger partial charge in [-0.2, -0.15) is 5.10 Å². The third-order valence-corrected chi connectivity index (χ3v) is 6.50. The SMILES string of the molecule is C=Cc1ccc2c(cnn2PI)c1B1OC(C)(C)C(C)(C)O1. The molecule has 1 aliphatic heterocycles. The standard InChI is InChI=1S/C15H19BIN2O2P/c1-6-10-7-8-12-11(9-18-19(12)22-17)13(10)16-20-14(2,3)15(4,5)21-16/h6-9,22H,1H2,2-5H3. The molecule has 0 radical (unpaired) electrons. The van der Waals surface area contributed by atoms with Crippen LogP contribution < -0.4 is 5.46 Å². The minimum atomic E-state index is -0.406. The predicted molar refractivity (Wildman–Crippen MR) is 103 cm³/mol.